The highest BCUT2D eigenvalue weighted by Crippen LogP contribution is 2.26. The highest BCUT2D eigenvalue weighted by molar-refractivity contribution is 4.87. The second-order valence-electron chi connectivity index (χ2n) is 6.41. The number of hydrogen-bond donors (Lipinski definition) is 1. The van der Waals surface area contributed by atoms with Gasteiger partial charge in [-0.2, -0.15) is 0 Å². The smallest absolute Gasteiger partial charge is 0.0119 e. The molecule has 0 radical (unpaired) electrons. The fraction of sp³-hybridized carbons (Fsp3) is 1.00. The minimum absolute atomic E-state index is 0.766. The lowest BCUT2D eigenvalue weighted by Crippen LogP contribution is -2.50. The van der Waals surface area contributed by atoms with E-state index in [2.05, 4.69) is 36.0 Å². The van der Waals surface area contributed by atoms with Crippen LogP contribution in [-0.2, 0) is 0 Å². The third-order valence-corrected chi connectivity index (χ3v) is 5.30. The van der Waals surface area contributed by atoms with Crippen molar-refractivity contribution in [1.29, 1.82) is 0 Å². The zero-order valence-electron chi connectivity index (χ0n) is 13.2. The molecular formula is C16H33N3. The van der Waals surface area contributed by atoms with Crippen molar-refractivity contribution in [2.45, 2.75) is 70.5 Å². The SMILES string of the molecule is CCNC1CCCC(N(C)C2CCN(CC)CC2)C1. The van der Waals surface area contributed by atoms with E-state index in [4.69, 9.17) is 0 Å². The van der Waals surface area contributed by atoms with Crippen LogP contribution in [0.5, 0.6) is 0 Å². The van der Waals surface area contributed by atoms with E-state index >= 15 is 0 Å². The van der Waals surface area contributed by atoms with Gasteiger partial charge in [0.25, 0.3) is 0 Å². The zero-order chi connectivity index (χ0) is 13.7. The summed E-state index contributed by atoms with van der Waals surface area (Å²) >= 11 is 0. The first kappa shape index (κ1) is 15.3. The van der Waals surface area contributed by atoms with Gasteiger partial charge in [0.1, 0.15) is 0 Å². The minimum atomic E-state index is 0.766. The van der Waals surface area contributed by atoms with Crippen LogP contribution >= 0.6 is 0 Å². The predicted molar refractivity (Wildman–Crippen MR) is 82.6 cm³/mol. The fourth-order valence-corrected chi connectivity index (χ4v) is 3.95. The molecule has 2 aliphatic rings. The Hall–Kier alpha value is -0.120. The van der Waals surface area contributed by atoms with E-state index in [1.54, 1.807) is 0 Å². The topological polar surface area (TPSA) is 18.5 Å². The Morgan fingerprint density at radius 2 is 1.79 bits per heavy atom. The van der Waals surface area contributed by atoms with Crippen LogP contribution in [0.15, 0.2) is 0 Å². The van der Waals surface area contributed by atoms with Crippen molar-refractivity contribution < 1.29 is 0 Å². The molecule has 2 rings (SSSR count). The molecule has 1 aliphatic carbocycles. The van der Waals surface area contributed by atoms with Crippen molar-refractivity contribution in [2.24, 2.45) is 0 Å². The molecule has 19 heavy (non-hydrogen) atoms. The highest BCUT2D eigenvalue weighted by atomic mass is 15.2. The van der Waals surface area contributed by atoms with Crippen molar-refractivity contribution >= 4 is 0 Å². The lowest BCUT2D eigenvalue weighted by Gasteiger charge is -2.43. The first-order valence-electron chi connectivity index (χ1n) is 8.42. The van der Waals surface area contributed by atoms with Crippen LogP contribution in [-0.4, -0.2) is 61.2 Å². The first-order valence-corrected chi connectivity index (χ1v) is 8.42. The van der Waals surface area contributed by atoms with Crippen molar-refractivity contribution in [1.82, 2.24) is 15.1 Å². The molecule has 2 fully saturated rings. The van der Waals surface area contributed by atoms with E-state index in [-0.39, 0.29) is 0 Å². The van der Waals surface area contributed by atoms with Crippen molar-refractivity contribution in [2.75, 3.05) is 33.2 Å². The molecule has 0 aromatic rings. The average Bonchev–Trinajstić information content (AvgIpc) is 2.47. The fourth-order valence-electron chi connectivity index (χ4n) is 3.95. The van der Waals surface area contributed by atoms with Gasteiger partial charge in [0.2, 0.25) is 0 Å². The highest BCUT2D eigenvalue weighted by Gasteiger charge is 2.30. The molecule has 112 valence electrons. The van der Waals surface area contributed by atoms with E-state index in [1.807, 2.05) is 0 Å². The Balaban J connectivity index is 1.80. The van der Waals surface area contributed by atoms with E-state index < -0.39 is 0 Å². The molecule has 0 bridgehead atoms. The van der Waals surface area contributed by atoms with Gasteiger partial charge < -0.3 is 15.1 Å². The van der Waals surface area contributed by atoms with Crippen LogP contribution < -0.4 is 5.32 Å². The molecule has 0 spiro atoms. The van der Waals surface area contributed by atoms with Crippen LogP contribution in [0.4, 0.5) is 0 Å². The molecule has 3 heteroatoms. The number of likely N-dealkylation sites (tertiary alicyclic amines) is 1. The third kappa shape index (κ3) is 4.17. The molecule has 2 atom stereocenters. The molecule has 0 aromatic carbocycles. The van der Waals surface area contributed by atoms with Crippen LogP contribution in [0.1, 0.15) is 52.4 Å². The summed E-state index contributed by atoms with van der Waals surface area (Å²) in [4.78, 5) is 5.31. The monoisotopic (exact) mass is 267 g/mol. The third-order valence-electron chi connectivity index (χ3n) is 5.30. The largest absolute Gasteiger partial charge is 0.314 e. The lowest BCUT2D eigenvalue weighted by atomic mass is 9.88. The van der Waals surface area contributed by atoms with Gasteiger partial charge in [0, 0.05) is 18.1 Å². The van der Waals surface area contributed by atoms with E-state index in [0.29, 0.717) is 0 Å². The van der Waals surface area contributed by atoms with Gasteiger partial charge in [-0.15, -0.1) is 0 Å². The van der Waals surface area contributed by atoms with Gasteiger partial charge >= 0.3 is 0 Å². The molecule has 1 saturated carbocycles. The summed E-state index contributed by atoms with van der Waals surface area (Å²) in [6.07, 6.45) is 8.29. The van der Waals surface area contributed by atoms with Crippen LogP contribution in [0, 0.1) is 0 Å². The molecule has 1 N–H and O–H groups in total. The van der Waals surface area contributed by atoms with Crippen molar-refractivity contribution in [3.8, 4) is 0 Å². The first-order chi connectivity index (χ1) is 9.24. The maximum atomic E-state index is 3.65. The number of hydrogen-bond acceptors (Lipinski definition) is 3. The summed E-state index contributed by atoms with van der Waals surface area (Å²) in [5, 5.41) is 3.65. The van der Waals surface area contributed by atoms with Gasteiger partial charge in [-0.25, -0.2) is 0 Å². The molecule has 1 saturated heterocycles. The van der Waals surface area contributed by atoms with Crippen LogP contribution in [0.2, 0.25) is 0 Å². The summed E-state index contributed by atoms with van der Waals surface area (Å²) in [5.41, 5.74) is 0. The summed E-state index contributed by atoms with van der Waals surface area (Å²) in [5.74, 6) is 0. The summed E-state index contributed by atoms with van der Waals surface area (Å²) < 4.78 is 0. The van der Waals surface area contributed by atoms with Crippen molar-refractivity contribution in [3.63, 3.8) is 0 Å². The molecule has 1 aliphatic heterocycles. The minimum Gasteiger partial charge on any atom is -0.314 e. The predicted octanol–water partition coefficient (Wildman–Crippen LogP) is 2.32. The van der Waals surface area contributed by atoms with Gasteiger partial charge in [-0.05, 0) is 65.3 Å². The van der Waals surface area contributed by atoms with Gasteiger partial charge in [0.05, 0.1) is 0 Å². The van der Waals surface area contributed by atoms with E-state index in [0.717, 1.165) is 24.7 Å². The molecule has 0 amide bonds. The maximum absolute atomic E-state index is 3.65. The van der Waals surface area contributed by atoms with Crippen LogP contribution in [0.3, 0.4) is 0 Å². The molecular weight excluding hydrogens is 234 g/mol. The number of piperidine rings is 1. The van der Waals surface area contributed by atoms with E-state index in [1.165, 1.54) is 58.2 Å². The Morgan fingerprint density at radius 1 is 1.05 bits per heavy atom. The second kappa shape index (κ2) is 7.61. The van der Waals surface area contributed by atoms with Gasteiger partial charge in [-0.1, -0.05) is 20.3 Å². The maximum Gasteiger partial charge on any atom is 0.0119 e. The zero-order valence-corrected chi connectivity index (χ0v) is 13.2. The lowest BCUT2D eigenvalue weighted by molar-refractivity contribution is 0.0751. The normalized spacial score (nSPS) is 30.9. The summed E-state index contributed by atoms with van der Waals surface area (Å²) in [6.45, 7) is 9.46. The Bertz CT molecular complexity index is 246. The number of nitrogens with one attached hydrogen (secondary N) is 1. The Kier molecular flexibility index (Phi) is 6.11. The molecule has 2 unspecified atom stereocenters. The van der Waals surface area contributed by atoms with E-state index in [9.17, 15) is 0 Å². The molecule has 0 aromatic heterocycles. The average molecular weight is 267 g/mol. The molecule has 3 nitrogen and oxygen atoms in total. The Morgan fingerprint density at radius 3 is 2.42 bits per heavy atom. The number of nitrogens with zero attached hydrogens (tertiary/aromatic N) is 2. The van der Waals surface area contributed by atoms with Gasteiger partial charge in [-0.3, -0.25) is 0 Å². The quantitative estimate of drug-likeness (QED) is 0.825. The van der Waals surface area contributed by atoms with Crippen LogP contribution in [0.25, 0.3) is 0 Å². The number of rotatable bonds is 5. The molecule has 1 heterocycles. The van der Waals surface area contributed by atoms with Crippen molar-refractivity contribution in [3.05, 3.63) is 0 Å². The second-order valence-corrected chi connectivity index (χ2v) is 6.41. The van der Waals surface area contributed by atoms with Gasteiger partial charge in [0.15, 0.2) is 0 Å². The standard InChI is InChI=1S/C16H33N3/c1-4-17-14-7-6-8-16(13-14)18(3)15-9-11-19(5-2)12-10-15/h14-17H,4-13H2,1-3H3. The summed E-state index contributed by atoms with van der Waals surface area (Å²) in [6, 6.07) is 2.41. The summed E-state index contributed by atoms with van der Waals surface area (Å²) in [7, 11) is 2.38. The Labute approximate surface area is 119 Å².